The van der Waals surface area contributed by atoms with Crippen molar-refractivity contribution in [3.8, 4) is 12.3 Å². The van der Waals surface area contributed by atoms with Crippen molar-refractivity contribution in [1.29, 1.82) is 0 Å². The van der Waals surface area contributed by atoms with Gasteiger partial charge in [0, 0.05) is 28.2 Å². The molecule has 0 saturated carbocycles. The van der Waals surface area contributed by atoms with Crippen molar-refractivity contribution in [3.63, 3.8) is 0 Å². The smallest absolute Gasteiger partial charge is 0.251 e. The molecule has 0 aliphatic carbocycles. The third kappa shape index (κ3) is 3.51. The molecule has 1 atom stereocenters. The number of nitrogen functional groups attached to an aromatic ring is 1. The predicted octanol–water partition coefficient (Wildman–Crippen LogP) is 2.87. The van der Waals surface area contributed by atoms with Crippen molar-refractivity contribution in [1.82, 2.24) is 5.32 Å². The Balaban J connectivity index is 2.94. The maximum absolute atomic E-state index is 12.2. The Hall–Kier alpha value is -1.47. The number of nitrogens with one attached hydrogen (secondary N) is 1. The van der Waals surface area contributed by atoms with Crippen LogP contribution in [-0.4, -0.2) is 11.9 Å². The van der Waals surface area contributed by atoms with Crippen molar-refractivity contribution in [2.45, 2.75) is 32.7 Å². The van der Waals surface area contributed by atoms with Crippen molar-refractivity contribution in [2.75, 3.05) is 5.73 Å². The summed E-state index contributed by atoms with van der Waals surface area (Å²) >= 11 is 3.34. The summed E-state index contributed by atoms with van der Waals surface area (Å²) in [7, 11) is 0. The zero-order valence-electron chi connectivity index (χ0n) is 10.6. The minimum absolute atomic E-state index is 0.00195. The van der Waals surface area contributed by atoms with E-state index in [1.54, 1.807) is 12.1 Å². The highest BCUT2D eigenvalue weighted by atomic mass is 79.9. The predicted molar refractivity (Wildman–Crippen MR) is 78.3 cm³/mol. The third-order valence-electron chi connectivity index (χ3n) is 2.85. The van der Waals surface area contributed by atoms with Gasteiger partial charge < -0.3 is 11.1 Å². The van der Waals surface area contributed by atoms with Gasteiger partial charge >= 0.3 is 0 Å². The van der Waals surface area contributed by atoms with E-state index in [0.717, 1.165) is 16.5 Å². The lowest BCUT2D eigenvalue weighted by Crippen LogP contribution is -2.34. The van der Waals surface area contributed by atoms with Crippen LogP contribution in [0.5, 0.6) is 0 Å². The maximum Gasteiger partial charge on any atom is 0.251 e. The van der Waals surface area contributed by atoms with Crippen LogP contribution in [-0.2, 0) is 0 Å². The molecule has 0 fully saturated rings. The lowest BCUT2D eigenvalue weighted by Gasteiger charge is -2.16. The summed E-state index contributed by atoms with van der Waals surface area (Å²) in [4.78, 5) is 12.2. The molecule has 1 rings (SSSR count). The fraction of sp³-hybridized carbons (Fsp3) is 0.357. The van der Waals surface area contributed by atoms with Crippen LogP contribution >= 0.6 is 15.9 Å². The highest BCUT2D eigenvalue weighted by Gasteiger charge is 2.15. The SMILES string of the molecule is C#CCC(CC)NC(=O)c1cc(Br)cc(N)c1C. The molecule has 0 bridgehead atoms. The van der Waals surface area contributed by atoms with Crippen LogP contribution in [0.3, 0.4) is 0 Å². The van der Waals surface area contributed by atoms with Crippen LogP contribution in [0.4, 0.5) is 5.69 Å². The molecule has 4 heteroatoms. The van der Waals surface area contributed by atoms with Crippen LogP contribution in [0.25, 0.3) is 0 Å². The summed E-state index contributed by atoms with van der Waals surface area (Å²) in [5, 5.41) is 2.92. The van der Waals surface area contributed by atoms with Gasteiger partial charge in [-0.2, -0.15) is 0 Å². The molecule has 3 N–H and O–H groups in total. The normalized spacial score (nSPS) is 11.7. The number of carbonyl (C=O) groups excluding carboxylic acids is 1. The molecule has 0 aliphatic rings. The molecule has 3 nitrogen and oxygen atoms in total. The summed E-state index contributed by atoms with van der Waals surface area (Å²) in [5.74, 6) is 2.43. The van der Waals surface area contributed by atoms with Crippen LogP contribution < -0.4 is 11.1 Å². The Kier molecular flexibility index (Phi) is 5.24. The van der Waals surface area contributed by atoms with E-state index in [2.05, 4.69) is 27.2 Å². The first-order valence-electron chi connectivity index (χ1n) is 5.79. The summed E-state index contributed by atoms with van der Waals surface area (Å²) in [5.41, 5.74) is 7.80. The van der Waals surface area contributed by atoms with E-state index in [4.69, 9.17) is 12.2 Å². The van der Waals surface area contributed by atoms with Crippen molar-refractivity contribution in [2.24, 2.45) is 0 Å². The largest absolute Gasteiger partial charge is 0.398 e. The molecule has 1 unspecified atom stereocenters. The number of rotatable bonds is 4. The average molecular weight is 309 g/mol. The number of hydrogen-bond donors (Lipinski definition) is 2. The number of carbonyl (C=O) groups is 1. The summed E-state index contributed by atoms with van der Waals surface area (Å²) in [6, 6.07) is 3.55. The quantitative estimate of drug-likeness (QED) is 0.664. The van der Waals surface area contributed by atoms with Crippen molar-refractivity contribution >= 4 is 27.5 Å². The van der Waals surface area contributed by atoms with Gasteiger partial charge in [0.05, 0.1) is 0 Å². The van der Waals surface area contributed by atoms with Crippen LogP contribution in [0, 0.1) is 19.3 Å². The van der Waals surface area contributed by atoms with E-state index in [9.17, 15) is 4.79 Å². The maximum atomic E-state index is 12.2. The number of amides is 1. The van der Waals surface area contributed by atoms with E-state index < -0.39 is 0 Å². The van der Waals surface area contributed by atoms with Gasteiger partial charge in [-0.15, -0.1) is 12.3 Å². The highest BCUT2D eigenvalue weighted by molar-refractivity contribution is 9.10. The van der Waals surface area contributed by atoms with Gasteiger partial charge in [0.25, 0.3) is 5.91 Å². The monoisotopic (exact) mass is 308 g/mol. The number of hydrogen-bond acceptors (Lipinski definition) is 2. The topological polar surface area (TPSA) is 55.1 Å². The third-order valence-corrected chi connectivity index (χ3v) is 3.31. The van der Waals surface area contributed by atoms with Gasteiger partial charge in [0.15, 0.2) is 0 Å². The number of benzene rings is 1. The van der Waals surface area contributed by atoms with Crippen molar-refractivity contribution in [3.05, 3.63) is 27.7 Å². The molecule has 18 heavy (non-hydrogen) atoms. The molecular weight excluding hydrogens is 292 g/mol. The standard InChI is InChI=1S/C14H17BrN2O/c1-4-6-11(5-2)17-14(18)12-7-10(15)8-13(16)9(12)3/h1,7-8,11H,5-6,16H2,2-3H3,(H,17,18). The van der Waals surface area contributed by atoms with Crippen LogP contribution in [0.1, 0.15) is 35.7 Å². The Labute approximate surface area is 116 Å². The molecule has 96 valence electrons. The molecule has 1 amide bonds. The lowest BCUT2D eigenvalue weighted by atomic mass is 10.0. The Bertz CT molecular complexity index is 491. The number of halogens is 1. The molecule has 0 aromatic heterocycles. The van der Waals surface area contributed by atoms with Crippen molar-refractivity contribution < 1.29 is 4.79 Å². The summed E-state index contributed by atoms with van der Waals surface area (Å²) in [6.07, 6.45) is 6.61. The minimum atomic E-state index is -0.136. The molecule has 1 aromatic rings. The first-order valence-corrected chi connectivity index (χ1v) is 6.58. The van der Waals surface area contributed by atoms with Gasteiger partial charge in [-0.25, -0.2) is 0 Å². The average Bonchev–Trinajstić information content (AvgIpc) is 2.32. The molecule has 0 saturated heterocycles. The Morgan fingerprint density at radius 2 is 2.28 bits per heavy atom. The first-order chi connectivity index (χ1) is 8.49. The van der Waals surface area contributed by atoms with Gasteiger partial charge in [0.2, 0.25) is 0 Å². The lowest BCUT2D eigenvalue weighted by molar-refractivity contribution is 0.0936. The molecule has 1 aromatic carbocycles. The van der Waals surface area contributed by atoms with Crippen LogP contribution in [0.15, 0.2) is 16.6 Å². The fourth-order valence-corrected chi connectivity index (χ4v) is 2.11. The summed E-state index contributed by atoms with van der Waals surface area (Å²) in [6.45, 7) is 3.82. The fourth-order valence-electron chi connectivity index (χ4n) is 1.64. The van der Waals surface area contributed by atoms with E-state index in [1.165, 1.54) is 0 Å². The molecule has 0 radical (unpaired) electrons. The Morgan fingerprint density at radius 1 is 1.61 bits per heavy atom. The van der Waals surface area contributed by atoms with Gasteiger partial charge in [-0.3, -0.25) is 4.79 Å². The number of anilines is 1. The molecule has 0 aliphatic heterocycles. The second-order valence-corrected chi connectivity index (χ2v) is 5.07. The number of nitrogens with two attached hydrogens (primary N) is 1. The van der Waals surface area contributed by atoms with Gasteiger partial charge in [-0.1, -0.05) is 22.9 Å². The zero-order chi connectivity index (χ0) is 13.7. The van der Waals surface area contributed by atoms with E-state index in [1.807, 2.05) is 13.8 Å². The van der Waals surface area contributed by atoms with E-state index in [0.29, 0.717) is 17.7 Å². The van der Waals surface area contributed by atoms with Crippen LogP contribution in [0.2, 0.25) is 0 Å². The molecular formula is C14H17BrN2O. The minimum Gasteiger partial charge on any atom is -0.398 e. The Morgan fingerprint density at radius 3 is 2.83 bits per heavy atom. The van der Waals surface area contributed by atoms with Gasteiger partial charge in [-0.05, 0) is 31.0 Å². The van der Waals surface area contributed by atoms with Gasteiger partial charge in [0.1, 0.15) is 0 Å². The molecule has 0 spiro atoms. The number of terminal acetylenes is 1. The van der Waals surface area contributed by atoms with E-state index >= 15 is 0 Å². The zero-order valence-corrected chi connectivity index (χ0v) is 12.2. The molecule has 0 heterocycles. The second kappa shape index (κ2) is 6.46. The summed E-state index contributed by atoms with van der Waals surface area (Å²) < 4.78 is 0.792. The van der Waals surface area contributed by atoms with E-state index in [-0.39, 0.29) is 11.9 Å². The highest BCUT2D eigenvalue weighted by Crippen LogP contribution is 2.22. The first kappa shape index (κ1) is 14.6. The second-order valence-electron chi connectivity index (χ2n) is 4.15.